The van der Waals surface area contributed by atoms with Gasteiger partial charge in [0, 0.05) is 47.5 Å². The third kappa shape index (κ3) is 10.3. The first-order chi connectivity index (χ1) is 21.9. The first kappa shape index (κ1) is 41.7. The van der Waals surface area contributed by atoms with Crippen LogP contribution >= 0.6 is 0 Å². The summed E-state index contributed by atoms with van der Waals surface area (Å²) in [5.41, 5.74) is 5.29. The number of Topliss-reactive ketones (excluding diaryl/α,β-unsaturated/α-hetero) is 1. The van der Waals surface area contributed by atoms with Crippen molar-refractivity contribution in [2.75, 3.05) is 61.8 Å². The van der Waals surface area contributed by atoms with E-state index in [0.717, 1.165) is 43.6 Å². The van der Waals surface area contributed by atoms with Crippen molar-refractivity contribution in [1.29, 1.82) is 0 Å². The molecule has 0 saturated heterocycles. The van der Waals surface area contributed by atoms with Gasteiger partial charge < -0.3 is 40.1 Å². The predicted octanol–water partition coefficient (Wildman–Crippen LogP) is 0.998. The minimum atomic E-state index is -0.267. The molecule has 0 heterocycles. The molecule has 0 aromatic heterocycles. The Labute approximate surface area is 306 Å². The van der Waals surface area contributed by atoms with Gasteiger partial charge in [0.05, 0.1) is 33.5 Å². The van der Waals surface area contributed by atoms with Crippen LogP contribution in [0.4, 0.5) is 0 Å². The second-order valence-electron chi connectivity index (χ2n) is 12.5. The SMILES string of the molecule is CCO.COCOC[C@H]1C(=O)CC2Cc3c(cccc3OC)C[C@@H]21.COCOC[C@H]1[C@H](O)CC2Cc3c(cccc3OC)C[C@@H]21.[B].[H-].[Na+]. The van der Waals surface area contributed by atoms with Gasteiger partial charge in [0.15, 0.2) is 0 Å². The van der Waals surface area contributed by atoms with E-state index in [1.54, 1.807) is 35.4 Å². The van der Waals surface area contributed by atoms with E-state index in [9.17, 15) is 9.90 Å². The maximum absolute atomic E-state index is 12.3. The number of rotatable bonds is 10. The van der Waals surface area contributed by atoms with Crippen molar-refractivity contribution < 1.29 is 74.4 Å². The zero-order valence-corrected chi connectivity index (χ0v) is 31.1. The van der Waals surface area contributed by atoms with E-state index in [1.807, 2.05) is 18.2 Å². The van der Waals surface area contributed by atoms with Gasteiger partial charge in [-0.05, 0) is 97.1 Å². The van der Waals surface area contributed by atoms with Crippen LogP contribution in [0.25, 0.3) is 0 Å². The van der Waals surface area contributed by atoms with Gasteiger partial charge >= 0.3 is 29.6 Å². The number of hydrogen-bond acceptors (Lipinski definition) is 9. The molecule has 47 heavy (non-hydrogen) atoms. The molecule has 4 aliphatic carbocycles. The van der Waals surface area contributed by atoms with E-state index in [4.69, 9.17) is 33.5 Å². The molecule has 0 spiro atoms. The Morgan fingerprint density at radius 2 is 1.28 bits per heavy atom. The molecule has 4 aliphatic rings. The Balaban J connectivity index is 0.000000420. The summed E-state index contributed by atoms with van der Waals surface area (Å²) >= 11 is 0. The van der Waals surface area contributed by atoms with Gasteiger partial charge in [-0.15, -0.1) is 0 Å². The smallest absolute Gasteiger partial charge is 1.00 e. The molecule has 2 aromatic carbocycles. The zero-order valence-electron chi connectivity index (χ0n) is 30.1. The van der Waals surface area contributed by atoms with E-state index in [-0.39, 0.29) is 70.7 Å². The fourth-order valence-corrected chi connectivity index (χ4v) is 7.97. The fourth-order valence-electron chi connectivity index (χ4n) is 7.97. The molecule has 0 aliphatic heterocycles. The summed E-state index contributed by atoms with van der Waals surface area (Å²) in [6.45, 7) is 3.54. The number of aliphatic hydroxyl groups excluding tert-OH is 2. The molecule has 2 fully saturated rings. The number of hydrogen-bond donors (Lipinski definition) is 2. The van der Waals surface area contributed by atoms with Crippen molar-refractivity contribution >= 4 is 14.2 Å². The van der Waals surface area contributed by atoms with Crippen molar-refractivity contribution in [3.63, 3.8) is 0 Å². The molecule has 11 heteroatoms. The molecular weight excluding hydrogens is 610 g/mol. The van der Waals surface area contributed by atoms with E-state index in [1.165, 1.54) is 22.3 Å². The monoisotopic (exact) mass is 663 g/mol. The third-order valence-electron chi connectivity index (χ3n) is 9.95. The minimum absolute atomic E-state index is 0. The van der Waals surface area contributed by atoms with Gasteiger partial charge in [-0.1, -0.05) is 24.3 Å². The van der Waals surface area contributed by atoms with Gasteiger partial charge in [-0.2, -0.15) is 0 Å². The Morgan fingerprint density at radius 1 is 0.766 bits per heavy atom. The average molecular weight is 664 g/mol. The second-order valence-corrected chi connectivity index (χ2v) is 12.5. The topological polar surface area (TPSA) is 113 Å². The molecule has 6 rings (SSSR count). The predicted molar refractivity (Wildman–Crippen MR) is 177 cm³/mol. The molecule has 3 radical (unpaired) electrons. The van der Waals surface area contributed by atoms with Crippen molar-refractivity contribution in [3.8, 4) is 11.5 Å². The fraction of sp³-hybridized carbons (Fsp3) is 0.639. The summed E-state index contributed by atoms with van der Waals surface area (Å²) in [5.74, 6) is 4.36. The van der Waals surface area contributed by atoms with Crippen LogP contribution in [0.2, 0.25) is 0 Å². The van der Waals surface area contributed by atoms with Crippen LogP contribution in [0, 0.1) is 35.5 Å². The second kappa shape index (κ2) is 20.9. The molecule has 2 aromatic rings. The number of ketones is 1. The number of benzene rings is 2. The standard InChI is InChI=1S/C17H24O4.C17H22O4.C2H6O.B.Na.H/c2*1-19-10-21-9-15-13-6-11-4-3-5-17(20-2)14(11)7-12(13)8-16(15)18;1-2-3;;;/h3-5,12-13,15-16,18H,6-10H2,1-2H3;3-5,12-13,15H,6-10H2,1-2H3;3H,2H2,1H3;;;/q;;;;+1;-1/t12?,13-,15+,16+;12?,13-,15+;;;;/m00..../s1. The van der Waals surface area contributed by atoms with Gasteiger partial charge in [0.1, 0.15) is 30.9 Å². The van der Waals surface area contributed by atoms with Crippen LogP contribution < -0.4 is 39.0 Å². The zero-order chi connectivity index (χ0) is 32.3. The van der Waals surface area contributed by atoms with Crippen LogP contribution in [0.5, 0.6) is 11.5 Å². The van der Waals surface area contributed by atoms with Crippen molar-refractivity contribution in [2.45, 2.75) is 51.6 Å². The number of aliphatic hydroxyl groups is 2. The van der Waals surface area contributed by atoms with Crippen molar-refractivity contribution in [2.24, 2.45) is 35.5 Å². The number of carbonyl (C=O) groups excluding carboxylic acids is 1. The Kier molecular flexibility index (Phi) is 18.6. The van der Waals surface area contributed by atoms with Crippen LogP contribution in [-0.2, 0) is 49.4 Å². The molecule has 255 valence electrons. The molecule has 9 nitrogen and oxygen atoms in total. The first-order valence-corrected chi connectivity index (χ1v) is 16.1. The van der Waals surface area contributed by atoms with Crippen molar-refractivity contribution in [3.05, 3.63) is 58.7 Å². The summed E-state index contributed by atoms with van der Waals surface area (Å²) in [5, 5.41) is 17.9. The van der Waals surface area contributed by atoms with Crippen molar-refractivity contribution in [1.82, 2.24) is 0 Å². The average Bonchev–Trinajstić information content (AvgIpc) is 3.52. The number of carbonyl (C=O) groups is 1. The quantitative estimate of drug-likeness (QED) is 0.219. The molecule has 0 bridgehead atoms. The van der Waals surface area contributed by atoms with E-state index in [0.29, 0.717) is 55.9 Å². The largest absolute Gasteiger partial charge is 1.00 e. The van der Waals surface area contributed by atoms with Gasteiger partial charge in [-0.3, -0.25) is 4.79 Å². The summed E-state index contributed by atoms with van der Waals surface area (Å²) in [6, 6.07) is 12.5. The number of ether oxygens (including phenoxy) is 6. The summed E-state index contributed by atoms with van der Waals surface area (Å²) in [4.78, 5) is 12.3. The number of fused-ring (bicyclic) bond motifs is 4. The van der Waals surface area contributed by atoms with E-state index < -0.39 is 0 Å². The van der Waals surface area contributed by atoms with Crippen LogP contribution in [0.1, 0.15) is 43.4 Å². The molecule has 7 atom stereocenters. The summed E-state index contributed by atoms with van der Waals surface area (Å²) in [7, 11) is 6.66. The summed E-state index contributed by atoms with van der Waals surface area (Å²) < 4.78 is 31.8. The van der Waals surface area contributed by atoms with Gasteiger partial charge in [0.25, 0.3) is 0 Å². The Morgan fingerprint density at radius 3 is 1.81 bits per heavy atom. The third-order valence-corrected chi connectivity index (χ3v) is 9.95. The maximum atomic E-state index is 12.3. The molecule has 2 unspecified atom stereocenters. The Hall–Kier alpha value is -1.47. The molecule has 2 saturated carbocycles. The first-order valence-electron chi connectivity index (χ1n) is 16.1. The molecule has 0 amide bonds. The molecule has 2 N–H and O–H groups in total. The van der Waals surface area contributed by atoms with Gasteiger partial charge in [0.2, 0.25) is 0 Å². The normalized spacial score (nSPS) is 26.4. The Bertz CT molecular complexity index is 1240. The maximum Gasteiger partial charge on any atom is 1.00 e. The summed E-state index contributed by atoms with van der Waals surface area (Å²) in [6.07, 6.45) is 5.17. The van der Waals surface area contributed by atoms with E-state index >= 15 is 0 Å². The minimum Gasteiger partial charge on any atom is -1.00 e. The van der Waals surface area contributed by atoms with E-state index in [2.05, 4.69) is 18.2 Å². The van der Waals surface area contributed by atoms with Crippen LogP contribution in [-0.4, -0.2) is 92.4 Å². The van der Waals surface area contributed by atoms with Crippen LogP contribution in [0.3, 0.4) is 0 Å². The molecular formula is C36H53BNaO9. The van der Waals surface area contributed by atoms with Crippen LogP contribution in [0.15, 0.2) is 36.4 Å². The van der Waals surface area contributed by atoms with Gasteiger partial charge in [-0.25, -0.2) is 0 Å². The number of methoxy groups -OCH3 is 4.